The summed E-state index contributed by atoms with van der Waals surface area (Å²) in [5.74, 6) is -1.60. The molecular formula is C16H13ClF2N2O4S. The van der Waals surface area contributed by atoms with E-state index in [4.69, 9.17) is 11.6 Å². The molecule has 1 aliphatic heterocycles. The molecule has 1 atom stereocenters. The molecule has 10 heteroatoms. The van der Waals surface area contributed by atoms with Crippen LogP contribution in [0.1, 0.15) is 22.0 Å². The summed E-state index contributed by atoms with van der Waals surface area (Å²) in [6.07, 6.45) is 1.07. The SMILES string of the molecule is CN(C(=O)c1cc(Cl)cnc1OC(F)F)C1CS(=O)(=O)c2ccccc21. The maximum Gasteiger partial charge on any atom is 0.388 e. The Morgan fingerprint density at radius 2 is 2.08 bits per heavy atom. The van der Waals surface area contributed by atoms with Gasteiger partial charge in [0, 0.05) is 13.2 Å². The summed E-state index contributed by atoms with van der Waals surface area (Å²) in [5, 5.41) is 0.0582. The summed E-state index contributed by atoms with van der Waals surface area (Å²) in [4.78, 5) is 17.7. The molecule has 3 rings (SSSR count). The first kappa shape index (κ1) is 18.5. The van der Waals surface area contributed by atoms with E-state index in [1.54, 1.807) is 18.2 Å². The third-order valence-electron chi connectivity index (χ3n) is 4.03. The molecule has 0 bridgehead atoms. The highest BCUT2D eigenvalue weighted by atomic mass is 35.5. The number of rotatable bonds is 4. The lowest BCUT2D eigenvalue weighted by atomic mass is 10.1. The van der Waals surface area contributed by atoms with Crippen molar-refractivity contribution in [3.63, 3.8) is 0 Å². The Hall–Kier alpha value is -2.26. The van der Waals surface area contributed by atoms with Crippen LogP contribution in [0.2, 0.25) is 5.02 Å². The van der Waals surface area contributed by atoms with Gasteiger partial charge in [-0.3, -0.25) is 4.79 Å². The van der Waals surface area contributed by atoms with E-state index in [-0.39, 0.29) is 21.2 Å². The zero-order valence-electron chi connectivity index (χ0n) is 13.4. The topological polar surface area (TPSA) is 76.6 Å². The number of pyridine rings is 1. The lowest BCUT2D eigenvalue weighted by molar-refractivity contribution is -0.0533. The van der Waals surface area contributed by atoms with E-state index in [1.807, 2.05) is 0 Å². The van der Waals surface area contributed by atoms with Gasteiger partial charge >= 0.3 is 6.61 Å². The number of carbonyl (C=O) groups excluding carboxylic acids is 1. The number of amides is 1. The largest absolute Gasteiger partial charge is 0.416 e. The first-order chi connectivity index (χ1) is 12.2. The van der Waals surface area contributed by atoms with Crippen molar-refractivity contribution in [1.29, 1.82) is 0 Å². The van der Waals surface area contributed by atoms with Gasteiger partial charge in [-0.15, -0.1) is 0 Å². The normalized spacial score (nSPS) is 17.8. The highest BCUT2D eigenvalue weighted by Crippen LogP contribution is 2.37. The van der Waals surface area contributed by atoms with Crippen LogP contribution in [0.25, 0.3) is 0 Å². The summed E-state index contributed by atoms with van der Waals surface area (Å²) < 4.78 is 54.0. The van der Waals surface area contributed by atoms with E-state index in [1.165, 1.54) is 13.1 Å². The number of alkyl halides is 2. The Bertz CT molecular complexity index is 968. The Morgan fingerprint density at radius 1 is 1.38 bits per heavy atom. The third-order valence-corrected chi connectivity index (χ3v) is 6.03. The molecule has 0 spiro atoms. The second-order valence-electron chi connectivity index (χ2n) is 5.64. The number of hydrogen-bond donors (Lipinski definition) is 0. The van der Waals surface area contributed by atoms with Crippen molar-refractivity contribution in [2.75, 3.05) is 12.8 Å². The number of halogens is 3. The van der Waals surface area contributed by atoms with Gasteiger partial charge in [-0.25, -0.2) is 13.4 Å². The van der Waals surface area contributed by atoms with Gasteiger partial charge in [-0.1, -0.05) is 29.8 Å². The molecule has 0 saturated carbocycles. The molecule has 1 aliphatic rings. The van der Waals surface area contributed by atoms with Crippen molar-refractivity contribution in [2.24, 2.45) is 0 Å². The summed E-state index contributed by atoms with van der Waals surface area (Å²) >= 11 is 5.82. The van der Waals surface area contributed by atoms with Crippen LogP contribution in [0, 0.1) is 0 Å². The number of fused-ring (bicyclic) bond motifs is 1. The predicted octanol–water partition coefficient (Wildman–Crippen LogP) is 2.94. The van der Waals surface area contributed by atoms with Gasteiger partial charge < -0.3 is 9.64 Å². The molecular weight excluding hydrogens is 390 g/mol. The molecule has 6 nitrogen and oxygen atoms in total. The molecule has 1 amide bonds. The van der Waals surface area contributed by atoms with Crippen molar-refractivity contribution < 1.29 is 26.7 Å². The fraction of sp³-hybridized carbons (Fsp3) is 0.250. The zero-order valence-corrected chi connectivity index (χ0v) is 15.0. The average molecular weight is 403 g/mol. The van der Waals surface area contributed by atoms with E-state index in [9.17, 15) is 22.0 Å². The molecule has 0 aliphatic carbocycles. The molecule has 0 radical (unpaired) electrons. The summed E-state index contributed by atoms with van der Waals surface area (Å²) in [6.45, 7) is -3.17. The number of benzene rings is 1. The van der Waals surface area contributed by atoms with Gasteiger partial charge in [0.05, 0.1) is 21.7 Å². The van der Waals surface area contributed by atoms with Crippen LogP contribution < -0.4 is 4.74 Å². The van der Waals surface area contributed by atoms with Crippen molar-refractivity contribution in [2.45, 2.75) is 17.5 Å². The molecule has 2 aromatic rings. The summed E-state index contributed by atoms with van der Waals surface area (Å²) in [5.41, 5.74) is 0.191. The summed E-state index contributed by atoms with van der Waals surface area (Å²) in [7, 11) is -2.15. The number of hydrogen-bond acceptors (Lipinski definition) is 5. The third kappa shape index (κ3) is 3.36. The van der Waals surface area contributed by atoms with Gasteiger partial charge in [-0.05, 0) is 17.7 Å². The Morgan fingerprint density at radius 3 is 2.77 bits per heavy atom. The van der Waals surface area contributed by atoms with Crippen LogP contribution in [0.3, 0.4) is 0 Å². The molecule has 1 aromatic heterocycles. The minimum Gasteiger partial charge on any atom is -0.416 e. The Balaban J connectivity index is 1.98. The summed E-state index contributed by atoms with van der Waals surface area (Å²) in [6, 6.07) is 6.73. The van der Waals surface area contributed by atoms with Crippen molar-refractivity contribution in [3.8, 4) is 5.88 Å². The monoisotopic (exact) mass is 402 g/mol. The number of nitrogens with zero attached hydrogens (tertiary/aromatic N) is 2. The highest BCUT2D eigenvalue weighted by Gasteiger charge is 2.39. The average Bonchev–Trinajstić information content (AvgIpc) is 2.86. The smallest absolute Gasteiger partial charge is 0.388 e. The molecule has 26 heavy (non-hydrogen) atoms. The lowest BCUT2D eigenvalue weighted by Crippen LogP contribution is -2.32. The molecule has 0 saturated heterocycles. The zero-order chi connectivity index (χ0) is 19.1. The Kier molecular flexibility index (Phi) is 4.85. The number of sulfone groups is 1. The molecule has 0 N–H and O–H groups in total. The van der Waals surface area contributed by atoms with Gasteiger partial charge in [0.15, 0.2) is 9.84 Å². The van der Waals surface area contributed by atoms with Gasteiger partial charge in [0.1, 0.15) is 5.56 Å². The lowest BCUT2D eigenvalue weighted by Gasteiger charge is -2.25. The predicted molar refractivity (Wildman–Crippen MR) is 89.2 cm³/mol. The number of aromatic nitrogens is 1. The van der Waals surface area contributed by atoms with E-state index >= 15 is 0 Å². The van der Waals surface area contributed by atoms with Crippen molar-refractivity contribution >= 4 is 27.3 Å². The maximum atomic E-state index is 12.8. The van der Waals surface area contributed by atoms with Crippen LogP contribution in [0.5, 0.6) is 5.88 Å². The molecule has 2 heterocycles. The van der Waals surface area contributed by atoms with E-state index in [2.05, 4.69) is 9.72 Å². The second-order valence-corrected chi connectivity index (χ2v) is 8.07. The van der Waals surface area contributed by atoms with Gasteiger partial charge in [0.25, 0.3) is 5.91 Å². The molecule has 1 unspecified atom stereocenters. The molecule has 0 fully saturated rings. The van der Waals surface area contributed by atoms with Crippen LogP contribution in [0.4, 0.5) is 8.78 Å². The van der Waals surface area contributed by atoms with Crippen LogP contribution in [-0.4, -0.2) is 43.6 Å². The van der Waals surface area contributed by atoms with E-state index < -0.39 is 34.3 Å². The van der Waals surface area contributed by atoms with E-state index in [0.29, 0.717) is 5.56 Å². The number of ether oxygens (including phenoxy) is 1. The highest BCUT2D eigenvalue weighted by molar-refractivity contribution is 7.91. The van der Waals surface area contributed by atoms with Crippen LogP contribution in [-0.2, 0) is 9.84 Å². The van der Waals surface area contributed by atoms with Crippen LogP contribution >= 0.6 is 11.6 Å². The minimum atomic E-state index is -3.54. The Labute approximate surface area is 153 Å². The van der Waals surface area contributed by atoms with Crippen molar-refractivity contribution in [3.05, 3.63) is 52.7 Å². The van der Waals surface area contributed by atoms with Gasteiger partial charge in [0.2, 0.25) is 5.88 Å². The first-order valence-corrected chi connectivity index (χ1v) is 9.43. The molecule has 138 valence electrons. The first-order valence-electron chi connectivity index (χ1n) is 7.40. The van der Waals surface area contributed by atoms with Crippen LogP contribution in [0.15, 0.2) is 41.4 Å². The fourth-order valence-electron chi connectivity index (χ4n) is 2.84. The van der Waals surface area contributed by atoms with Gasteiger partial charge in [-0.2, -0.15) is 8.78 Å². The minimum absolute atomic E-state index is 0.0582. The fourth-order valence-corrected chi connectivity index (χ4v) is 4.84. The second kappa shape index (κ2) is 6.81. The standard InChI is InChI=1S/C16H13ClF2N2O4S/c1-21(12-8-26(23,24)13-5-3-2-4-10(12)13)15(22)11-6-9(17)7-20-14(11)25-16(18)19/h2-7,12,16H,8H2,1H3. The van der Waals surface area contributed by atoms with E-state index in [0.717, 1.165) is 17.2 Å². The quantitative estimate of drug-likeness (QED) is 0.785. The number of carbonyl (C=O) groups is 1. The van der Waals surface area contributed by atoms with Crippen molar-refractivity contribution in [1.82, 2.24) is 9.88 Å². The maximum absolute atomic E-state index is 12.8. The molecule has 1 aromatic carbocycles.